The van der Waals surface area contributed by atoms with Crippen molar-refractivity contribution in [3.05, 3.63) is 155 Å². The number of fused-ring (bicyclic) bond motifs is 1. The number of halogens is 1. The Morgan fingerprint density at radius 1 is 0.956 bits per heavy atom. The van der Waals surface area contributed by atoms with Crippen LogP contribution in [-0.2, 0) is 11.4 Å². The maximum Gasteiger partial charge on any atom is 0.271 e. The molecule has 2 heterocycles. The fourth-order valence-corrected chi connectivity index (χ4v) is 6.48. The average molecular weight is 681 g/mol. The van der Waals surface area contributed by atoms with E-state index in [1.807, 2.05) is 123 Å². The molecule has 1 aliphatic rings. The van der Waals surface area contributed by atoms with Gasteiger partial charge in [-0.15, -0.1) is 0 Å². The van der Waals surface area contributed by atoms with Gasteiger partial charge < -0.3 is 14.8 Å². The van der Waals surface area contributed by atoms with Gasteiger partial charge in [-0.1, -0.05) is 87.9 Å². The molecule has 9 heteroatoms. The van der Waals surface area contributed by atoms with E-state index < -0.39 is 6.04 Å². The minimum absolute atomic E-state index is 0.238. The molecule has 7 nitrogen and oxygen atoms in total. The predicted molar refractivity (Wildman–Crippen MR) is 181 cm³/mol. The number of benzene rings is 4. The van der Waals surface area contributed by atoms with Crippen molar-refractivity contribution < 1.29 is 14.3 Å². The lowest BCUT2D eigenvalue weighted by molar-refractivity contribution is -0.113. The molecule has 1 aromatic heterocycles. The van der Waals surface area contributed by atoms with Gasteiger partial charge in [-0.2, -0.15) is 0 Å². The highest BCUT2D eigenvalue weighted by Crippen LogP contribution is 2.32. The van der Waals surface area contributed by atoms with Crippen molar-refractivity contribution in [3.63, 3.8) is 0 Å². The molecule has 1 atom stereocenters. The Kier molecular flexibility index (Phi) is 9.09. The molecule has 0 saturated carbocycles. The summed E-state index contributed by atoms with van der Waals surface area (Å²) in [5.74, 6) is 1.06. The number of carbonyl (C=O) groups excluding carboxylic acids is 1. The monoisotopic (exact) mass is 679 g/mol. The fourth-order valence-electron chi connectivity index (χ4n) is 5.17. The number of ether oxygens (including phenoxy) is 2. The van der Waals surface area contributed by atoms with Crippen LogP contribution in [0.15, 0.2) is 129 Å². The Labute approximate surface area is 272 Å². The summed E-state index contributed by atoms with van der Waals surface area (Å²) in [6.45, 7) is 4.65. The number of para-hydroxylation sites is 2. The van der Waals surface area contributed by atoms with Crippen molar-refractivity contribution in [1.29, 1.82) is 0 Å². The Bertz CT molecular complexity index is 2050. The van der Waals surface area contributed by atoms with E-state index in [1.54, 1.807) is 4.57 Å². The molecule has 45 heavy (non-hydrogen) atoms. The second kappa shape index (κ2) is 13.5. The van der Waals surface area contributed by atoms with Gasteiger partial charge in [0.1, 0.15) is 18.1 Å². The third-order valence-electron chi connectivity index (χ3n) is 7.32. The van der Waals surface area contributed by atoms with Crippen molar-refractivity contribution >= 4 is 44.9 Å². The molecule has 1 N–H and O–H groups in total. The number of rotatable bonds is 9. The van der Waals surface area contributed by atoms with Crippen molar-refractivity contribution in [1.82, 2.24) is 4.57 Å². The van der Waals surface area contributed by atoms with Gasteiger partial charge >= 0.3 is 0 Å². The fraction of sp³-hybridized carbons (Fsp3) is 0.139. The number of thiazole rings is 1. The van der Waals surface area contributed by atoms with Gasteiger partial charge in [0, 0.05) is 15.7 Å². The lowest BCUT2D eigenvalue weighted by atomic mass is 9.95. The molecular weight excluding hydrogens is 650 g/mol. The maximum absolute atomic E-state index is 14.2. The van der Waals surface area contributed by atoms with Crippen LogP contribution in [0.5, 0.6) is 11.5 Å². The van der Waals surface area contributed by atoms with Crippen LogP contribution >= 0.6 is 27.3 Å². The second-order valence-electron chi connectivity index (χ2n) is 10.4. The quantitative estimate of drug-likeness (QED) is 0.190. The average Bonchev–Trinajstić information content (AvgIpc) is 3.35. The van der Waals surface area contributed by atoms with E-state index in [0.29, 0.717) is 51.0 Å². The Morgan fingerprint density at radius 3 is 2.40 bits per heavy atom. The lowest BCUT2D eigenvalue weighted by Crippen LogP contribution is -2.40. The normalized spacial score (nSPS) is 14.5. The highest BCUT2D eigenvalue weighted by Gasteiger charge is 2.32. The molecule has 4 aromatic carbocycles. The zero-order chi connectivity index (χ0) is 31.3. The minimum atomic E-state index is -0.688. The molecule has 0 saturated heterocycles. The third kappa shape index (κ3) is 6.69. The number of amides is 1. The van der Waals surface area contributed by atoms with Crippen LogP contribution in [0.1, 0.15) is 36.6 Å². The number of anilines is 1. The summed E-state index contributed by atoms with van der Waals surface area (Å²) in [7, 11) is 0. The molecule has 226 valence electrons. The highest BCUT2D eigenvalue weighted by molar-refractivity contribution is 9.10. The smallest absolute Gasteiger partial charge is 0.271 e. The molecule has 1 aliphatic heterocycles. The van der Waals surface area contributed by atoms with Crippen molar-refractivity contribution in [2.45, 2.75) is 26.5 Å². The molecule has 5 aromatic rings. The number of hydrogen-bond donors (Lipinski definition) is 1. The van der Waals surface area contributed by atoms with Crippen LogP contribution in [0.4, 0.5) is 5.69 Å². The minimum Gasteiger partial charge on any atom is -0.494 e. The van der Waals surface area contributed by atoms with Gasteiger partial charge in [0.05, 0.1) is 28.5 Å². The van der Waals surface area contributed by atoms with Crippen LogP contribution in [0.2, 0.25) is 0 Å². The van der Waals surface area contributed by atoms with E-state index >= 15 is 0 Å². The summed E-state index contributed by atoms with van der Waals surface area (Å²) >= 11 is 4.75. The number of nitrogens with zero attached hydrogens (tertiary/aromatic N) is 2. The molecule has 0 unspecified atom stereocenters. The lowest BCUT2D eigenvalue weighted by Gasteiger charge is -2.25. The third-order valence-corrected chi connectivity index (χ3v) is 8.83. The number of aromatic nitrogens is 1. The number of carbonyl (C=O) groups is 1. The number of allylic oxidation sites excluding steroid dienone is 1. The van der Waals surface area contributed by atoms with E-state index in [9.17, 15) is 9.59 Å². The zero-order valence-corrected chi connectivity index (χ0v) is 27.1. The summed E-state index contributed by atoms with van der Waals surface area (Å²) in [5.41, 5.74) is 3.95. The van der Waals surface area contributed by atoms with Crippen molar-refractivity contribution in [2.24, 2.45) is 4.99 Å². The molecule has 0 spiro atoms. The van der Waals surface area contributed by atoms with Crippen LogP contribution in [0.25, 0.3) is 6.08 Å². The second-order valence-corrected chi connectivity index (χ2v) is 12.3. The van der Waals surface area contributed by atoms with Crippen molar-refractivity contribution in [3.8, 4) is 11.5 Å². The summed E-state index contributed by atoms with van der Waals surface area (Å²) < 4.78 is 14.9. The van der Waals surface area contributed by atoms with Gasteiger partial charge in [0.2, 0.25) is 0 Å². The van der Waals surface area contributed by atoms with E-state index in [1.165, 1.54) is 11.3 Å². The number of nitrogens with one attached hydrogen (secondary N) is 1. The molecule has 6 rings (SSSR count). The first-order valence-electron chi connectivity index (χ1n) is 14.5. The zero-order valence-electron chi connectivity index (χ0n) is 24.7. The van der Waals surface area contributed by atoms with Crippen molar-refractivity contribution in [2.75, 3.05) is 11.9 Å². The summed E-state index contributed by atoms with van der Waals surface area (Å²) in [4.78, 5) is 33.3. The first-order valence-corrected chi connectivity index (χ1v) is 16.1. The summed E-state index contributed by atoms with van der Waals surface area (Å²) in [6.07, 6.45) is 1.83. The Balaban J connectivity index is 1.41. The van der Waals surface area contributed by atoms with Gasteiger partial charge in [-0.25, -0.2) is 4.99 Å². The molecule has 0 fully saturated rings. The van der Waals surface area contributed by atoms with Crippen LogP contribution in [0, 0.1) is 0 Å². The van der Waals surface area contributed by atoms with Gasteiger partial charge in [-0.05, 0) is 73.5 Å². The Hall–Kier alpha value is -4.73. The van der Waals surface area contributed by atoms with Gasteiger partial charge in [-0.3, -0.25) is 14.2 Å². The number of hydrogen-bond acceptors (Lipinski definition) is 6. The van der Waals surface area contributed by atoms with Crippen LogP contribution in [0.3, 0.4) is 0 Å². The molecule has 1 amide bonds. The SMILES string of the molecule is CCOc1ccc([C@@H]2C(C(=O)Nc3ccccc3)=C(C)N=c3s/c(=C\c4ccccc4OCc4ccc(Br)cc4)c(=O)n32)cc1. The molecular formula is C36H30BrN3O4S. The van der Waals surface area contributed by atoms with E-state index in [2.05, 4.69) is 21.2 Å². The topological polar surface area (TPSA) is 81.9 Å². The van der Waals surface area contributed by atoms with Crippen LogP contribution in [-0.4, -0.2) is 17.1 Å². The van der Waals surface area contributed by atoms with E-state index in [4.69, 9.17) is 14.5 Å². The van der Waals surface area contributed by atoms with Gasteiger partial charge in [0.15, 0.2) is 4.80 Å². The summed E-state index contributed by atoms with van der Waals surface area (Å²) in [5, 5.41) is 2.99. The van der Waals surface area contributed by atoms with E-state index in [0.717, 1.165) is 21.2 Å². The molecule has 0 radical (unpaired) electrons. The molecule has 0 bridgehead atoms. The predicted octanol–water partition coefficient (Wildman–Crippen LogP) is 6.61. The summed E-state index contributed by atoms with van der Waals surface area (Å²) in [6, 6.07) is 31.6. The molecule has 0 aliphatic carbocycles. The van der Waals surface area contributed by atoms with E-state index in [-0.39, 0.29) is 11.5 Å². The maximum atomic E-state index is 14.2. The first-order chi connectivity index (χ1) is 21.9. The highest BCUT2D eigenvalue weighted by atomic mass is 79.9. The first kappa shape index (κ1) is 30.3. The van der Waals surface area contributed by atoms with Gasteiger partial charge in [0.25, 0.3) is 11.5 Å². The largest absolute Gasteiger partial charge is 0.494 e. The van der Waals surface area contributed by atoms with Crippen LogP contribution < -0.4 is 29.7 Å². The Morgan fingerprint density at radius 2 is 1.67 bits per heavy atom. The standard InChI is InChI=1S/C36H30BrN3O4S/c1-3-43-29-19-15-25(16-20-29)33-32(34(41)39-28-10-5-4-6-11-28)23(2)38-36-40(33)35(42)31(45-36)21-26-9-7-8-12-30(26)44-22-24-13-17-27(37)18-14-24/h4-21,33H,3,22H2,1-2H3,(H,39,41)/b31-21-/t33-/m1/s1.